The Balaban J connectivity index is 0.000000471. The van der Waals surface area contributed by atoms with Gasteiger partial charge in [0.15, 0.2) is 0 Å². The van der Waals surface area contributed by atoms with E-state index in [2.05, 4.69) is 5.32 Å². The number of likely N-dealkylation sites (N-methyl/N-ethyl adjacent to an activating group) is 1. The van der Waals surface area contributed by atoms with Gasteiger partial charge in [0, 0.05) is 31.0 Å². The van der Waals surface area contributed by atoms with E-state index < -0.39 is 5.97 Å². The number of amides is 2. The van der Waals surface area contributed by atoms with Crippen LogP contribution < -0.4 is 15.8 Å². The minimum Gasteiger partial charge on any atom is -0.496 e. The topological polar surface area (TPSA) is 125 Å². The molecule has 0 radical (unpaired) electrons. The molecule has 1 aromatic carbocycles. The standard InChI is InChI=1S/C16H22N2O4S.C6H12N2O/c1-18(10-12-6-4-5-7-14(12)22-2)11-15(19)17-13(16(20)21)8-9-23-3;7-5-6(9)8-3-1-2-4-8/h4-8H,9-11H2,1-3H3,(H,17,19)(H,20,21);1-5,7H2/b13-8+;. The number of benzene rings is 1. The van der Waals surface area contributed by atoms with E-state index in [1.165, 1.54) is 17.8 Å². The summed E-state index contributed by atoms with van der Waals surface area (Å²) in [5, 5.41) is 11.5. The third-order valence-electron chi connectivity index (χ3n) is 4.64. The summed E-state index contributed by atoms with van der Waals surface area (Å²) in [7, 11) is 3.39. The van der Waals surface area contributed by atoms with E-state index in [0.29, 0.717) is 12.3 Å². The second-order valence-electron chi connectivity index (χ2n) is 7.20. The Morgan fingerprint density at radius 1 is 1.28 bits per heavy atom. The molecule has 1 fully saturated rings. The summed E-state index contributed by atoms with van der Waals surface area (Å²) in [6, 6.07) is 7.56. The molecule has 4 N–H and O–H groups in total. The van der Waals surface area contributed by atoms with Crippen LogP contribution in [-0.2, 0) is 20.9 Å². The fourth-order valence-electron chi connectivity index (χ4n) is 3.07. The number of ether oxygens (including phenoxy) is 1. The van der Waals surface area contributed by atoms with E-state index in [1.807, 2.05) is 35.4 Å². The number of carbonyl (C=O) groups excluding carboxylic acids is 2. The molecule has 0 unspecified atom stereocenters. The second-order valence-corrected chi connectivity index (χ2v) is 8.11. The van der Waals surface area contributed by atoms with Crippen molar-refractivity contribution in [3.05, 3.63) is 41.6 Å². The number of nitrogens with one attached hydrogen (secondary N) is 1. The molecule has 2 rings (SSSR count). The molecule has 32 heavy (non-hydrogen) atoms. The van der Waals surface area contributed by atoms with Crippen molar-refractivity contribution in [2.24, 2.45) is 5.73 Å². The minimum atomic E-state index is -1.14. The summed E-state index contributed by atoms with van der Waals surface area (Å²) in [4.78, 5) is 37.5. The van der Waals surface area contributed by atoms with E-state index in [0.717, 1.165) is 37.2 Å². The van der Waals surface area contributed by atoms with Crippen LogP contribution in [0.2, 0.25) is 0 Å². The van der Waals surface area contributed by atoms with E-state index in [4.69, 9.17) is 15.6 Å². The van der Waals surface area contributed by atoms with Gasteiger partial charge < -0.3 is 25.8 Å². The number of likely N-dealkylation sites (tertiary alicyclic amines) is 1. The van der Waals surface area contributed by atoms with Crippen molar-refractivity contribution < 1.29 is 24.2 Å². The number of aliphatic carboxylic acids is 1. The average Bonchev–Trinajstić information content (AvgIpc) is 3.31. The predicted octanol–water partition coefficient (Wildman–Crippen LogP) is 1.14. The first kappa shape index (κ1) is 27.5. The van der Waals surface area contributed by atoms with E-state index in [9.17, 15) is 14.4 Å². The van der Waals surface area contributed by atoms with Crippen LogP contribution in [0.25, 0.3) is 0 Å². The second kappa shape index (κ2) is 15.3. The molecule has 0 bridgehead atoms. The smallest absolute Gasteiger partial charge is 0.352 e. The van der Waals surface area contributed by atoms with E-state index in [-0.39, 0.29) is 30.6 Å². The highest BCUT2D eigenvalue weighted by Gasteiger charge is 2.15. The minimum absolute atomic E-state index is 0.0853. The van der Waals surface area contributed by atoms with Crippen LogP contribution in [0.3, 0.4) is 0 Å². The zero-order valence-electron chi connectivity index (χ0n) is 19.0. The molecule has 1 saturated heterocycles. The van der Waals surface area contributed by atoms with Gasteiger partial charge in [-0.2, -0.15) is 11.8 Å². The molecule has 9 nitrogen and oxygen atoms in total. The molecular weight excluding hydrogens is 432 g/mol. The summed E-state index contributed by atoms with van der Waals surface area (Å²) < 4.78 is 5.28. The molecule has 0 saturated carbocycles. The number of hydrogen-bond acceptors (Lipinski definition) is 7. The third kappa shape index (κ3) is 10.2. The Hall–Kier alpha value is -2.56. The Morgan fingerprint density at radius 2 is 1.94 bits per heavy atom. The third-order valence-corrected chi connectivity index (χ3v) is 5.14. The lowest BCUT2D eigenvalue weighted by Crippen LogP contribution is -2.36. The number of carboxylic acid groups (broad SMARTS) is 1. The summed E-state index contributed by atoms with van der Waals surface area (Å²) in [6.45, 7) is 2.60. The quantitative estimate of drug-likeness (QED) is 0.439. The van der Waals surface area contributed by atoms with Gasteiger partial charge in [0.25, 0.3) is 0 Å². The molecule has 1 aromatic rings. The van der Waals surface area contributed by atoms with Gasteiger partial charge in [-0.1, -0.05) is 18.2 Å². The lowest BCUT2D eigenvalue weighted by Gasteiger charge is -2.18. The maximum Gasteiger partial charge on any atom is 0.352 e. The Kier molecular flexibility index (Phi) is 13.1. The van der Waals surface area contributed by atoms with E-state index in [1.54, 1.807) is 19.1 Å². The van der Waals surface area contributed by atoms with Crippen LogP contribution in [0.1, 0.15) is 18.4 Å². The number of nitrogens with zero attached hydrogens (tertiary/aromatic N) is 2. The van der Waals surface area contributed by atoms with Gasteiger partial charge >= 0.3 is 5.97 Å². The van der Waals surface area contributed by atoms with Crippen molar-refractivity contribution in [1.82, 2.24) is 15.1 Å². The van der Waals surface area contributed by atoms with Gasteiger partial charge in [0.2, 0.25) is 11.8 Å². The van der Waals surface area contributed by atoms with Crippen LogP contribution in [-0.4, -0.2) is 85.0 Å². The van der Waals surface area contributed by atoms with Crippen LogP contribution in [0.4, 0.5) is 0 Å². The van der Waals surface area contributed by atoms with Crippen LogP contribution in [0.5, 0.6) is 5.75 Å². The number of para-hydroxylation sites is 1. The molecule has 10 heteroatoms. The van der Waals surface area contributed by atoms with Crippen LogP contribution >= 0.6 is 11.8 Å². The van der Waals surface area contributed by atoms with Crippen molar-refractivity contribution in [2.45, 2.75) is 19.4 Å². The highest BCUT2D eigenvalue weighted by Crippen LogP contribution is 2.18. The number of methoxy groups -OCH3 is 1. The molecule has 1 aliphatic rings. The van der Waals surface area contributed by atoms with Gasteiger partial charge in [0.1, 0.15) is 11.4 Å². The van der Waals surface area contributed by atoms with Crippen molar-refractivity contribution in [3.8, 4) is 5.75 Å². The maximum absolute atomic E-state index is 12.0. The molecule has 2 amide bonds. The zero-order valence-corrected chi connectivity index (χ0v) is 19.8. The lowest BCUT2D eigenvalue weighted by atomic mass is 10.2. The van der Waals surface area contributed by atoms with E-state index >= 15 is 0 Å². The summed E-state index contributed by atoms with van der Waals surface area (Å²) in [5.41, 5.74) is 6.03. The molecule has 0 aromatic heterocycles. The van der Waals surface area contributed by atoms with Gasteiger partial charge in [-0.05, 0) is 38.3 Å². The van der Waals surface area contributed by atoms with Crippen molar-refractivity contribution in [3.63, 3.8) is 0 Å². The monoisotopic (exact) mass is 466 g/mol. The first-order valence-corrected chi connectivity index (χ1v) is 11.7. The number of carboxylic acids is 1. The molecule has 1 aliphatic heterocycles. The number of thioether (sulfide) groups is 1. The summed E-state index contributed by atoms with van der Waals surface area (Å²) in [5.74, 6) is -0.130. The van der Waals surface area contributed by atoms with Crippen molar-refractivity contribution in [2.75, 3.05) is 52.3 Å². The number of carbonyl (C=O) groups is 3. The van der Waals surface area contributed by atoms with Crippen molar-refractivity contribution in [1.29, 1.82) is 0 Å². The molecule has 0 atom stereocenters. The Bertz CT molecular complexity index is 781. The molecule has 0 spiro atoms. The summed E-state index contributed by atoms with van der Waals surface area (Å²) >= 11 is 1.48. The predicted molar refractivity (Wildman–Crippen MR) is 126 cm³/mol. The fourth-order valence-corrected chi connectivity index (χ4v) is 3.40. The molecule has 1 heterocycles. The van der Waals surface area contributed by atoms with Crippen molar-refractivity contribution >= 4 is 29.5 Å². The number of rotatable bonds is 10. The van der Waals surface area contributed by atoms with Gasteiger partial charge in [-0.3, -0.25) is 14.5 Å². The number of hydrogen-bond donors (Lipinski definition) is 3. The highest BCUT2D eigenvalue weighted by atomic mass is 32.2. The molecule has 0 aliphatic carbocycles. The molecular formula is C22H34N4O5S. The molecule has 178 valence electrons. The van der Waals surface area contributed by atoms with Gasteiger partial charge in [-0.25, -0.2) is 4.79 Å². The highest BCUT2D eigenvalue weighted by molar-refractivity contribution is 7.98. The van der Waals surface area contributed by atoms with Gasteiger partial charge in [0.05, 0.1) is 20.2 Å². The first-order valence-electron chi connectivity index (χ1n) is 10.3. The normalized spacial score (nSPS) is 13.4. The average molecular weight is 467 g/mol. The van der Waals surface area contributed by atoms with Crippen LogP contribution in [0, 0.1) is 0 Å². The Labute approximate surface area is 194 Å². The SMILES string of the molecule is COc1ccccc1CN(C)CC(=O)N/C(=C/CSC)C(=O)O.NCC(=O)N1CCCC1. The maximum atomic E-state index is 12.0. The lowest BCUT2D eigenvalue weighted by molar-refractivity contribution is -0.134. The first-order chi connectivity index (χ1) is 15.3. The number of nitrogens with two attached hydrogens (primary N) is 1. The largest absolute Gasteiger partial charge is 0.496 e. The fraction of sp³-hybridized carbons (Fsp3) is 0.500. The zero-order chi connectivity index (χ0) is 23.9. The Morgan fingerprint density at radius 3 is 2.50 bits per heavy atom. The van der Waals surface area contributed by atoms with Gasteiger partial charge in [-0.15, -0.1) is 0 Å². The summed E-state index contributed by atoms with van der Waals surface area (Å²) in [6.07, 6.45) is 5.64. The van der Waals surface area contributed by atoms with Crippen LogP contribution in [0.15, 0.2) is 36.0 Å².